The van der Waals surface area contributed by atoms with E-state index in [9.17, 15) is 18.3 Å². The van der Waals surface area contributed by atoms with E-state index in [2.05, 4.69) is 0 Å². The summed E-state index contributed by atoms with van der Waals surface area (Å²) in [4.78, 5) is 11.7. The summed E-state index contributed by atoms with van der Waals surface area (Å²) in [5.74, 6) is -1.11. The summed E-state index contributed by atoms with van der Waals surface area (Å²) in [5, 5.41) is 9.91. The van der Waals surface area contributed by atoms with E-state index in [1.54, 1.807) is 13.0 Å². The van der Waals surface area contributed by atoms with Crippen LogP contribution in [0.1, 0.15) is 31.7 Å². The van der Waals surface area contributed by atoms with Crippen LogP contribution < -0.4 is 0 Å². The first kappa shape index (κ1) is 16.3. The largest absolute Gasteiger partial charge is 0.480 e. The minimum atomic E-state index is -3.87. The van der Waals surface area contributed by atoms with E-state index in [0.717, 1.165) is 4.31 Å². The average molecular weight is 332 g/mol. The van der Waals surface area contributed by atoms with Gasteiger partial charge in [-0.05, 0) is 56.9 Å². The molecule has 116 valence electrons. The van der Waals surface area contributed by atoms with Crippen LogP contribution in [0, 0.1) is 6.92 Å². The molecule has 1 heterocycles. The number of carboxylic acids is 1. The number of piperidine rings is 1. The van der Waals surface area contributed by atoms with Gasteiger partial charge in [-0.2, -0.15) is 4.31 Å². The lowest BCUT2D eigenvalue weighted by atomic mass is 9.91. The molecule has 0 amide bonds. The van der Waals surface area contributed by atoms with Crippen LogP contribution >= 0.6 is 11.6 Å². The van der Waals surface area contributed by atoms with E-state index >= 15 is 0 Å². The number of aryl methyl sites for hydroxylation is 1. The van der Waals surface area contributed by atoms with Crippen LogP contribution in [-0.4, -0.2) is 35.9 Å². The molecule has 1 saturated heterocycles. The first-order chi connectivity index (χ1) is 9.69. The zero-order valence-corrected chi connectivity index (χ0v) is 13.5. The quantitative estimate of drug-likeness (QED) is 0.924. The van der Waals surface area contributed by atoms with Crippen molar-refractivity contribution in [1.82, 2.24) is 4.31 Å². The average Bonchev–Trinajstić information content (AvgIpc) is 2.38. The van der Waals surface area contributed by atoms with Crippen LogP contribution in [0.25, 0.3) is 0 Å². The summed E-state index contributed by atoms with van der Waals surface area (Å²) in [6.07, 6.45) is 1.68. The molecule has 21 heavy (non-hydrogen) atoms. The molecule has 0 aliphatic carbocycles. The monoisotopic (exact) mass is 331 g/mol. The molecule has 7 heteroatoms. The minimum Gasteiger partial charge on any atom is -0.480 e. The highest BCUT2D eigenvalue weighted by atomic mass is 35.5. The SMILES string of the molecule is Cc1cc(Cl)ccc1S(=O)(=O)N1CCCCC1(C)C(=O)O. The van der Waals surface area contributed by atoms with Crippen LogP contribution in [0.4, 0.5) is 0 Å². The molecule has 1 aromatic rings. The first-order valence-electron chi connectivity index (χ1n) is 6.72. The molecule has 5 nitrogen and oxygen atoms in total. The molecule has 1 aromatic carbocycles. The molecule has 0 saturated carbocycles. The van der Waals surface area contributed by atoms with Gasteiger partial charge in [0.05, 0.1) is 4.90 Å². The molecule has 1 aliphatic rings. The zero-order valence-electron chi connectivity index (χ0n) is 12.0. The first-order valence-corrected chi connectivity index (χ1v) is 8.54. The summed E-state index contributed by atoms with van der Waals surface area (Å²) in [7, 11) is -3.87. The van der Waals surface area contributed by atoms with Crippen LogP contribution in [0.5, 0.6) is 0 Å². The molecule has 2 rings (SSSR count). The van der Waals surface area contributed by atoms with Gasteiger partial charge in [-0.3, -0.25) is 4.79 Å². The number of aliphatic carboxylic acids is 1. The smallest absolute Gasteiger partial charge is 0.324 e. The highest BCUT2D eigenvalue weighted by Crippen LogP contribution is 2.34. The topological polar surface area (TPSA) is 74.7 Å². The van der Waals surface area contributed by atoms with Gasteiger partial charge in [0.15, 0.2) is 0 Å². The van der Waals surface area contributed by atoms with Crippen molar-refractivity contribution in [1.29, 1.82) is 0 Å². The standard InChI is InChI=1S/C14H18ClNO4S/c1-10-9-11(15)5-6-12(10)21(19,20)16-8-4-3-7-14(16,2)13(17)18/h5-6,9H,3-4,7-8H2,1-2H3,(H,17,18). The molecule has 0 aromatic heterocycles. The van der Waals surface area contributed by atoms with Gasteiger partial charge in [0.2, 0.25) is 10.0 Å². The van der Waals surface area contributed by atoms with Crippen LogP contribution in [0.3, 0.4) is 0 Å². The number of carbonyl (C=O) groups is 1. The third-order valence-corrected chi connectivity index (χ3v) is 6.41. The highest BCUT2D eigenvalue weighted by Gasteiger charge is 2.48. The summed E-state index contributed by atoms with van der Waals surface area (Å²) >= 11 is 5.86. The van der Waals surface area contributed by atoms with E-state index in [-0.39, 0.29) is 11.4 Å². The Bertz CT molecular complexity index is 674. The second kappa shape index (κ2) is 5.59. The van der Waals surface area contributed by atoms with Crippen LogP contribution in [0.2, 0.25) is 5.02 Å². The number of halogens is 1. The lowest BCUT2D eigenvalue weighted by molar-refractivity contribution is -0.149. The number of rotatable bonds is 3. The Morgan fingerprint density at radius 3 is 2.62 bits per heavy atom. The maximum Gasteiger partial charge on any atom is 0.324 e. The predicted molar refractivity (Wildman–Crippen MR) is 80.0 cm³/mol. The molecular formula is C14H18ClNO4S. The molecule has 0 radical (unpaired) electrons. The van der Waals surface area contributed by atoms with Gasteiger partial charge in [-0.1, -0.05) is 11.6 Å². The van der Waals surface area contributed by atoms with Crippen LogP contribution in [0.15, 0.2) is 23.1 Å². The van der Waals surface area contributed by atoms with Crippen molar-refractivity contribution in [2.45, 2.75) is 43.5 Å². The Labute approximate surface area is 129 Å². The maximum atomic E-state index is 12.9. The number of benzene rings is 1. The number of carboxylic acid groups (broad SMARTS) is 1. The Morgan fingerprint density at radius 2 is 2.05 bits per heavy atom. The maximum absolute atomic E-state index is 12.9. The van der Waals surface area contributed by atoms with Gasteiger partial charge < -0.3 is 5.11 Å². The lowest BCUT2D eigenvalue weighted by Gasteiger charge is -2.40. The van der Waals surface area contributed by atoms with E-state index in [1.165, 1.54) is 19.1 Å². The zero-order chi connectivity index (χ0) is 15.8. The van der Waals surface area contributed by atoms with Crippen molar-refractivity contribution in [2.75, 3.05) is 6.54 Å². The van der Waals surface area contributed by atoms with Crippen LogP contribution in [-0.2, 0) is 14.8 Å². The summed E-state index contributed by atoms with van der Waals surface area (Å²) in [5.41, 5.74) is -0.885. The predicted octanol–water partition coefficient (Wildman–Crippen LogP) is 2.67. The lowest BCUT2D eigenvalue weighted by Crippen LogP contribution is -2.57. The van der Waals surface area contributed by atoms with Gasteiger partial charge in [-0.25, -0.2) is 8.42 Å². The third kappa shape index (κ3) is 2.80. The number of nitrogens with zero attached hydrogens (tertiary/aromatic N) is 1. The van der Waals surface area contributed by atoms with Crippen molar-refractivity contribution in [3.05, 3.63) is 28.8 Å². The fourth-order valence-corrected chi connectivity index (χ4v) is 4.96. The second-order valence-corrected chi connectivity index (χ2v) is 7.79. The van der Waals surface area contributed by atoms with Crippen molar-refractivity contribution >= 4 is 27.6 Å². The molecule has 1 aliphatic heterocycles. The van der Waals surface area contributed by atoms with Gasteiger partial charge in [0.1, 0.15) is 5.54 Å². The van der Waals surface area contributed by atoms with Crippen molar-refractivity contribution in [3.8, 4) is 0 Å². The normalized spacial score (nSPS) is 24.0. The molecule has 1 N–H and O–H groups in total. The molecule has 1 fully saturated rings. The molecule has 0 bridgehead atoms. The fourth-order valence-electron chi connectivity index (χ4n) is 2.72. The van der Waals surface area contributed by atoms with Gasteiger partial charge in [-0.15, -0.1) is 0 Å². The number of sulfonamides is 1. The summed E-state index contributed by atoms with van der Waals surface area (Å²) < 4.78 is 26.8. The van der Waals surface area contributed by atoms with Crippen molar-refractivity contribution in [2.24, 2.45) is 0 Å². The van der Waals surface area contributed by atoms with Crippen molar-refractivity contribution < 1.29 is 18.3 Å². The van der Waals surface area contributed by atoms with E-state index in [4.69, 9.17) is 11.6 Å². The molecule has 1 unspecified atom stereocenters. The molecular weight excluding hydrogens is 314 g/mol. The number of hydrogen-bond acceptors (Lipinski definition) is 3. The highest BCUT2D eigenvalue weighted by molar-refractivity contribution is 7.89. The molecule has 0 spiro atoms. The van der Waals surface area contributed by atoms with E-state index in [0.29, 0.717) is 29.8 Å². The van der Waals surface area contributed by atoms with Crippen molar-refractivity contribution in [3.63, 3.8) is 0 Å². The van der Waals surface area contributed by atoms with Gasteiger partial charge in [0.25, 0.3) is 0 Å². The Hall–Kier alpha value is -1.11. The Morgan fingerprint density at radius 1 is 1.38 bits per heavy atom. The van der Waals surface area contributed by atoms with Gasteiger partial charge in [0, 0.05) is 11.6 Å². The fraction of sp³-hybridized carbons (Fsp3) is 0.500. The Balaban J connectivity index is 2.53. The third-order valence-electron chi connectivity index (χ3n) is 3.99. The van der Waals surface area contributed by atoms with E-state index in [1.807, 2.05) is 0 Å². The number of hydrogen-bond donors (Lipinski definition) is 1. The molecule has 1 atom stereocenters. The summed E-state index contributed by atoms with van der Waals surface area (Å²) in [6, 6.07) is 4.50. The Kier molecular flexibility index (Phi) is 4.33. The second-order valence-electron chi connectivity index (χ2n) is 5.52. The van der Waals surface area contributed by atoms with Gasteiger partial charge >= 0.3 is 5.97 Å². The minimum absolute atomic E-state index is 0.112. The van der Waals surface area contributed by atoms with E-state index < -0.39 is 21.5 Å². The summed E-state index contributed by atoms with van der Waals surface area (Å²) in [6.45, 7) is 3.34.